The Labute approximate surface area is 105 Å². The maximum atomic E-state index is 11.7. The number of carbonyl (C=O) groups is 1. The Balaban J connectivity index is 1.82. The summed E-state index contributed by atoms with van der Waals surface area (Å²) in [7, 11) is 0. The van der Waals surface area contributed by atoms with Gasteiger partial charge in [0.2, 0.25) is 0 Å². The molecule has 2 nitrogen and oxygen atoms in total. The lowest BCUT2D eigenvalue weighted by Crippen LogP contribution is -2.04. The van der Waals surface area contributed by atoms with Crippen LogP contribution in [0.2, 0.25) is 0 Å². The van der Waals surface area contributed by atoms with Crippen molar-refractivity contribution < 1.29 is 9.21 Å². The van der Waals surface area contributed by atoms with Gasteiger partial charge in [0.1, 0.15) is 5.76 Å². The number of hydrogen-bond donors (Lipinski definition) is 0. The van der Waals surface area contributed by atoms with Crippen molar-refractivity contribution in [2.24, 2.45) is 0 Å². The van der Waals surface area contributed by atoms with Crippen LogP contribution in [0.1, 0.15) is 11.3 Å². The first kappa shape index (κ1) is 12.0. The van der Waals surface area contributed by atoms with E-state index in [1.54, 1.807) is 24.1 Å². The standard InChI is InChI=1S/C14H14O2S/c1-11-4-6-14(7-5-11)17-10-12(15)9-13-3-2-8-16-13/h2-8H,9-10H2,1H3. The van der Waals surface area contributed by atoms with Crippen molar-refractivity contribution in [3.05, 3.63) is 54.0 Å². The molecule has 0 bridgehead atoms. The fourth-order valence-electron chi connectivity index (χ4n) is 1.46. The Morgan fingerprint density at radius 1 is 1.24 bits per heavy atom. The third-order valence-corrected chi connectivity index (χ3v) is 3.44. The van der Waals surface area contributed by atoms with Crippen LogP contribution in [0, 0.1) is 6.92 Å². The van der Waals surface area contributed by atoms with Crippen LogP contribution in [-0.4, -0.2) is 11.5 Å². The van der Waals surface area contributed by atoms with Gasteiger partial charge in [-0.15, -0.1) is 11.8 Å². The maximum Gasteiger partial charge on any atom is 0.150 e. The molecule has 0 aliphatic rings. The zero-order chi connectivity index (χ0) is 12.1. The molecule has 88 valence electrons. The first-order valence-corrected chi connectivity index (χ1v) is 6.46. The molecule has 0 spiro atoms. The number of hydrogen-bond acceptors (Lipinski definition) is 3. The zero-order valence-corrected chi connectivity index (χ0v) is 10.5. The van der Waals surface area contributed by atoms with E-state index in [0.29, 0.717) is 12.2 Å². The van der Waals surface area contributed by atoms with Crippen molar-refractivity contribution in [2.45, 2.75) is 18.2 Å². The molecule has 1 aromatic carbocycles. The molecule has 0 saturated heterocycles. The average Bonchev–Trinajstić information content (AvgIpc) is 2.81. The minimum absolute atomic E-state index is 0.186. The van der Waals surface area contributed by atoms with E-state index in [4.69, 9.17) is 4.42 Å². The number of benzene rings is 1. The Morgan fingerprint density at radius 3 is 2.65 bits per heavy atom. The summed E-state index contributed by atoms with van der Waals surface area (Å²) in [5.74, 6) is 1.41. The second-order valence-corrected chi connectivity index (χ2v) is 4.95. The van der Waals surface area contributed by atoms with E-state index < -0.39 is 0 Å². The molecule has 3 heteroatoms. The van der Waals surface area contributed by atoms with Crippen LogP contribution in [0.5, 0.6) is 0 Å². The molecule has 0 radical (unpaired) electrons. The molecule has 2 aromatic rings. The molecule has 0 aliphatic carbocycles. The predicted octanol–water partition coefficient (Wildman–Crippen LogP) is 3.49. The van der Waals surface area contributed by atoms with Crippen LogP contribution in [0.15, 0.2) is 52.0 Å². The molecule has 17 heavy (non-hydrogen) atoms. The van der Waals surface area contributed by atoms with Crippen LogP contribution < -0.4 is 0 Å². The highest BCUT2D eigenvalue weighted by Crippen LogP contribution is 2.18. The van der Waals surface area contributed by atoms with Crippen molar-refractivity contribution in [3.63, 3.8) is 0 Å². The number of furan rings is 1. The van der Waals surface area contributed by atoms with Crippen molar-refractivity contribution in [1.82, 2.24) is 0 Å². The molecular weight excluding hydrogens is 232 g/mol. The summed E-state index contributed by atoms with van der Waals surface area (Å²) in [4.78, 5) is 12.8. The molecule has 0 N–H and O–H groups in total. The fraction of sp³-hybridized carbons (Fsp3) is 0.214. The highest BCUT2D eigenvalue weighted by molar-refractivity contribution is 8.00. The fourth-order valence-corrected chi connectivity index (χ4v) is 2.22. The van der Waals surface area contributed by atoms with Crippen LogP contribution in [0.4, 0.5) is 0 Å². The van der Waals surface area contributed by atoms with Crippen molar-refractivity contribution in [2.75, 3.05) is 5.75 Å². The molecule has 0 atom stereocenters. The van der Waals surface area contributed by atoms with Crippen molar-refractivity contribution >= 4 is 17.5 Å². The molecule has 0 aliphatic heterocycles. The Morgan fingerprint density at radius 2 is 2.00 bits per heavy atom. The molecule has 0 amide bonds. The van der Waals surface area contributed by atoms with E-state index in [2.05, 4.69) is 19.1 Å². The topological polar surface area (TPSA) is 30.2 Å². The Bertz CT molecular complexity index is 471. The summed E-state index contributed by atoms with van der Waals surface area (Å²) in [5, 5.41) is 0. The Kier molecular flexibility index (Phi) is 4.04. The van der Waals surface area contributed by atoms with Crippen molar-refractivity contribution in [1.29, 1.82) is 0 Å². The molecule has 0 fully saturated rings. The highest BCUT2D eigenvalue weighted by Gasteiger charge is 2.06. The highest BCUT2D eigenvalue weighted by atomic mass is 32.2. The average molecular weight is 246 g/mol. The van der Waals surface area contributed by atoms with E-state index in [0.717, 1.165) is 10.7 Å². The van der Waals surface area contributed by atoms with Crippen molar-refractivity contribution in [3.8, 4) is 0 Å². The molecular formula is C14H14O2S. The Hall–Kier alpha value is -1.48. The second-order valence-electron chi connectivity index (χ2n) is 3.90. The van der Waals surface area contributed by atoms with Crippen LogP contribution in [0.3, 0.4) is 0 Å². The normalized spacial score (nSPS) is 10.4. The van der Waals surface area contributed by atoms with Gasteiger partial charge in [0.05, 0.1) is 18.4 Å². The first-order valence-electron chi connectivity index (χ1n) is 5.47. The molecule has 0 saturated carbocycles. The number of ketones is 1. The number of thioether (sulfide) groups is 1. The number of carbonyl (C=O) groups excluding carboxylic acids is 1. The zero-order valence-electron chi connectivity index (χ0n) is 9.68. The third-order valence-electron chi connectivity index (χ3n) is 2.37. The number of rotatable bonds is 5. The van der Waals surface area contributed by atoms with Gasteiger partial charge in [-0.3, -0.25) is 4.79 Å². The van der Waals surface area contributed by atoms with Crippen LogP contribution in [-0.2, 0) is 11.2 Å². The van der Waals surface area contributed by atoms with Crippen LogP contribution >= 0.6 is 11.8 Å². The number of Topliss-reactive ketones (excluding diaryl/α,β-unsaturated/α-hetero) is 1. The lowest BCUT2D eigenvalue weighted by molar-refractivity contribution is -0.116. The van der Waals surface area contributed by atoms with Gasteiger partial charge in [0.25, 0.3) is 0 Å². The molecule has 1 aromatic heterocycles. The second kappa shape index (κ2) is 5.73. The smallest absolute Gasteiger partial charge is 0.150 e. The van der Waals surface area contributed by atoms with Gasteiger partial charge in [0.15, 0.2) is 5.78 Å². The van der Waals surface area contributed by atoms with Gasteiger partial charge in [-0.05, 0) is 31.2 Å². The van der Waals surface area contributed by atoms with Gasteiger partial charge < -0.3 is 4.42 Å². The van der Waals surface area contributed by atoms with Gasteiger partial charge in [0, 0.05) is 4.90 Å². The third kappa shape index (κ3) is 3.79. The summed E-state index contributed by atoms with van der Waals surface area (Å²) in [5.41, 5.74) is 1.23. The number of aryl methyl sites for hydroxylation is 1. The van der Waals surface area contributed by atoms with Gasteiger partial charge in [-0.1, -0.05) is 17.7 Å². The first-order chi connectivity index (χ1) is 8.24. The monoisotopic (exact) mass is 246 g/mol. The summed E-state index contributed by atoms with van der Waals surface area (Å²) in [6.07, 6.45) is 1.97. The molecule has 0 unspecified atom stereocenters. The largest absolute Gasteiger partial charge is 0.469 e. The van der Waals surface area contributed by atoms with Gasteiger partial charge >= 0.3 is 0 Å². The summed E-state index contributed by atoms with van der Waals surface area (Å²) >= 11 is 1.57. The SMILES string of the molecule is Cc1ccc(SCC(=O)Cc2ccco2)cc1. The van der Waals surface area contributed by atoms with E-state index in [1.165, 1.54) is 5.56 Å². The summed E-state index contributed by atoms with van der Waals surface area (Å²) in [6, 6.07) is 11.8. The van der Waals surface area contributed by atoms with Crippen LogP contribution in [0.25, 0.3) is 0 Å². The summed E-state index contributed by atoms with van der Waals surface area (Å²) < 4.78 is 5.14. The lowest BCUT2D eigenvalue weighted by atomic mass is 10.2. The minimum atomic E-state index is 0.186. The van der Waals surface area contributed by atoms with Gasteiger partial charge in [-0.2, -0.15) is 0 Å². The van der Waals surface area contributed by atoms with Gasteiger partial charge in [-0.25, -0.2) is 0 Å². The lowest BCUT2D eigenvalue weighted by Gasteiger charge is -2.01. The van der Waals surface area contributed by atoms with E-state index in [9.17, 15) is 4.79 Å². The van der Waals surface area contributed by atoms with E-state index in [1.807, 2.05) is 18.2 Å². The quantitative estimate of drug-likeness (QED) is 0.756. The summed E-state index contributed by atoms with van der Waals surface area (Å²) in [6.45, 7) is 2.05. The maximum absolute atomic E-state index is 11.7. The van der Waals surface area contributed by atoms with E-state index in [-0.39, 0.29) is 5.78 Å². The molecule has 2 rings (SSSR count). The molecule has 1 heterocycles. The predicted molar refractivity (Wildman–Crippen MR) is 69.3 cm³/mol. The minimum Gasteiger partial charge on any atom is -0.469 e. The van der Waals surface area contributed by atoms with E-state index >= 15 is 0 Å².